The third kappa shape index (κ3) is 6.22. The Morgan fingerprint density at radius 2 is 1.88 bits per heavy atom. The van der Waals surface area contributed by atoms with Crippen LogP contribution < -0.4 is 11.1 Å². The van der Waals surface area contributed by atoms with Crippen molar-refractivity contribution in [1.82, 2.24) is 9.97 Å². The van der Waals surface area contributed by atoms with Gasteiger partial charge < -0.3 is 11.1 Å². The molecular formula is C13H24N4. The van der Waals surface area contributed by atoms with Crippen LogP contribution in [0, 0.1) is 5.92 Å². The van der Waals surface area contributed by atoms with Crippen LogP contribution in [0.15, 0.2) is 12.4 Å². The highest BCUT2D eigenvalue weighted by molar-refractivity contribution is 5.24. The Morgan fingerprint density at radius 3 is 2.35 bits per heavy atom. The molecule has 0 amide bonds. The van der Waals surface area contributed by atoms with Crippen molar-refractivity contribution in [3.8, 4) is 0 Å². The molecule has 0 saturated heterocycles. The molecule has 0 aromatic carbocycles. The molecule has 0 spiro atoms. The molecule has 1 heterocycles. The van der Waals surface area contributed by atoms with Gasteiger partial charge in [-0.05, 0) is 38.2 Å². The SMILES string of the molecule is CC(C)Cc1cnc(NCCC(C)(C)N)nc1. The minimum atomic E-state index is -0.148. The fourth-order valence-corrected chi connectivity index (χ4v) is 1.52. The van der Waals surface area contributed by atoms with Crippen molar-refractivity contribution < 1.29 is 0 Å². The maximum absolute atomic E-state index is 5.90. The van der Waals surface area contributed by atoms with Crippen molar-refractivity contribution in [1.29, 1.82) is 0 Å². The number of nitrogens with two attached hydrogens (primary N) is 1. The van der Waals surface area contributed by atoms with Gasteiger partial charge in [-0.15, -0.1) is 0 Å². The van der Waals surface area contributed by atoms with Crippen molar-refractivity contribution >= 4 is 5.95 Å². The van der Waals surface area contributed by atoms with Gasteiger partial charge in [0.05, 0.1) is 0 Å². The van der Waals surface area contributed by atoms with Gasteiger partial charge in [0.15, 0.2) is 0 Å². The zero-order valence-electron chi connectivity index (χ0n) is 11.3. The van der Waals surface area contributed by atoms with Crippen molar-refractivity contribution in [2.24, 2.45) is 11.7 Å². The van der Waals surface area contributed by atoms with Crippen LogP contribution in [0.25, 0.3) is 0 Å². The Kier molecular flexibility index (Phi) is 4.87. The molecule has 0 atom stereocenters. The summed E-state index contributed by atoms with van der Waals surface area (Å²) in [6.45, 7) is 9.21. The molecule has 1 aromatic rings. The normalized spacial score (nSPS) is 11.9. The van der Waals surface area contributed by atoms with Gasteiger partial charge in [-0.1, -0.05) is 13.8 Å². The predicted octanol–water partition coefficient (Wildman–Crippen LogP) is 2.21. The standard InChI is InChI=1S/C13H24N4/c1-10(2)7-11-8-16-12(17-9-11)15-6-5-13(3,4)14/h8-10H,5-7,14H2,1-4H3,(H,15,16,17). The maximum atomic E-state index is 5.90. The highest BCUT2D eigenvalue weighted by Gasteiger charge is 2.09. The van der Waals surface area contributed by atoms with Crippen LogP contribution in [0.1, 0.15) is 39.7 Å². The summed E-state index contributed by atoms with van der Waals surface area (Å²) < 4.78 is 0. The van der Waals surface area contributed by atoms with E-state index in [1.165, 1.54) is 5.56 Å². The maximum Gasteiger partial charge on any atom is 0.222 e. The van der Waals surface area contributed by atoms with E-state index in [4.69, 9.17) is 5.73 Å². The third-order valence-corrected chi connectivity index (χ3v) is 2.40. The van der Waals surface area contributed by atoms with E-state index < -0.39 is 0 Å². The van der Waals surface area contributed by atoms with Crippen LogP contribution in [0.4, 0.5) is 5.95 Å². The van der Waals surface area contributed by atoms with Crippen LogP contribution in [0.2, 0.25) is 0 Å². The van der Waals surface area contributed by atoms with E-state index in [2.05, 4.69) is 29.1 Å². The highest BCUT2D eigenvalue weighted by atomic mass is 15.1. The van der Waals surface area contributed by atoms with Crippen molar-refractivity contribution in [3.05, 3.63) is 18.0 Å². The topological polar surface area (TPSA) is 63.8 Å². The fourth-order valence-electron chi connectivity index (χ4n) is 1.52. The van der Waals surface area contributed by atoms with Crippen LogP contribution in [0.3, 0.4) is 0 Å². The number of hydrogen-bond donors (Lipinski definition) is 2. The van der Waals surface area contributed by atoms with E-state index in [1.54, 1.807) is 0 Å². The number of nitrogens with one attached hydrogen (secondary N) is 1. The Balaban J connectivity index is 2.40. The first-order chi connectivity index (χ1) is 7.87. The molecule has 0 aliphatic rings. The Morgan fingerprint density at radius 1 is 1.29 bits per heavy atom. The molecule has 0 aliphatic carbocycles. The molecule has 0 saturated carbocycles. The molecule has 17 heavy (non-hydrogen) atoms. The Bertz CT molecular complexity index is 324. The third-order valence-electron chi connectivity index (χ3n) is 2.40. The lowest BCUT2D eigenvalue weighted by Crippen LogP contribution is -2.34. The van der Waals surface area contributed by atoms with E-state index in [0.29, 0.717) is 11.9 Å². The van der Waals surface area contributed by atoms with E-state index in [9.17, 15) is 0 Å². The van der Waals surface area contributed by atoms with Crippen LogP contribution in [-0.2, 0) is 6.42 Å². The quantitative estimate of drug-likeness (QED) is 0.795. The zero-order chi connectivity index (χ0) is 12.9. The number of anilines is 1. The van der Waals surface area contributed by atoms with Gasteiger partial charge in [0.1, 0.15) is 0 Å². The van der Waals surface area contributed by atoms with Gasteiger partial charge in [-0.3, -0.25) is 0 Å². The summed E-state index contributed by atoms with van der Waals surface area (Å²) in [5.74, 6) is 1.32. The van der Waals surface area contributed by atoms with E-state index in [0.717, 1.165) is 19.4 Å². The summed E-state index contributed by atoms with van der Waals surface area (Å²) in [5, 5.41) is 3.18. The molecule has 96 valence electrons. The van der Waals surface area contributed by atoms with Crippen LogP contribution in [0.5, 0.6) is 0 Å². The average molecular weight is 236 g/mol. The molecule has 0 fully saturated rings. The van der Waals surface area contributed by atoms with E-state index in [1.807, 2.05) is 26.2 Å². The predicted molar refractivity (Wildman–Crippen MR) is 71.9 cm³/mol. The molecule has 0 bridgehead atoms. The van der Waals surface area contributed by atoms with Crippen molar-refractivity contribution in [3.63, 3.8) is 0 Å². The summed E-state index contributed by atoms with van der Waals surface area (Å²) in [5.41, 5.74) is 6.93. The van der Waals surface area contributed by atoms with Gasteiger partial charge in [0.25, 0.3) is 0 Å². The van der Waals surface area contributed by atoms with Gasteiger partial charge in [0, 0.05) is 24.5 Å². The molecular weight excluding hydrogens is 212 g/mol. The first kappa shape index (κ1) is 13.9. The number of nitrogens with zero attached hydrogens (tertiary/aromatic N) is 2. The lowest BCUT2D eigenvalue weighted by Gasteiger charge is -2.18. The summed E-state index contributed by atoms with van der Waals surface area (Å²) in [4.78, 5) is 8.58. The van der Waals surface area contributed by atoms with Gasteiger partial charge in [-0.2, -0.15) is 0 Å². The lowest BCUT2D eigenvalue weighted by atomic mass is 10.0. The molecule has 4 nitrogen and oxygen atoms in total. The Labute approximate surface area is 104 Å². The number of aromatic nitrogens is 2. The minimum Gasteiger partial charge on any atom is -0.354 e. The lowest BCUT2D eigenvalue weighted by molar-refractivity contribution is 0.490. The minimum absolute atomic E-state index is 0.148. The van der Waals surface area contributed by atoms with Crippen LogP contribution in [-0.4, -0.2) is 22.1 Å². The van der Waals surface area contributed by atoms with Crippen molar-refractivity contribution in [2.75, 3.05) is 11.9 Å². The number of rotatable bonds is 6. The molecule has 3 N–H and O–H groups in total. The van der Waals surface area contributed by atoms with Crippen LogP contribution >= 0.6 is 0 Å². The zero-order valence-corrected chi connectivity index (χ0v) is 11.3. The monoisotopic (exact) mass is 236 g/mol. The second kappa shape index (κ2) is 5.96. The highest BCUT2D eigenvalue weighted by Crippen LogP contribution is 2.08. The Hall–Kier alpha value is -1.16. The molecule has 4 heteroatoms. The first-order valence-electron chi connectivity index (χ1n) is 6.20. The van der Waals surface area contributed by atoms with Gasteiger partial charge in [-0.25, -0.2) is 9.97 Å². The molecule has 0 aliphatic heterocycles. The second-order valence-corrected chi connectivity index (χ2v) is 5.68. The number of hydrogen-bond acceptors (Lipinski definition) is 4. The molecule has 1 aromatic heterocycles. The summed E-state index contributed by atoms with van der Waals surface area (Å²) in [7, 11) is 0. The average Bonchev–Trinajstić information content (AvgIpc) is 2.18. The largest absolute Gasteiger partial charge is 0.354 e. The van der Waals surface area contributed by atoms with Crippen molar-refractivity contribution in [2.45, 2.75) is 46.1 Å². The fraction of sp³-hybridized carbons (Fsp3) is 0.692. The summed E-state index contributed by atoms with van der Waals surface area (Å²) >= 11 is 0. The van der Waals surface area contributed by atoms with E-state index >= 15 is 0 Å². The molecule has 1 rings (SSSR count). The molecule has 0 unspecified atom stereocenters. The smallest absolute Gasteiger partial charge is 0.222 e. The second-order valence-electron chi connectivity index (χ2n) is 5.68. The van der Waals surface area contributed by atoms with Gasteiger partial charge in [0.2, 0.25) is 5.95 Å². The van der Waals surface area contributed by atoms with Gasteiger partial charge >= 0.3 is 0 Å². The van der Waals surface area contributed by atoms with E-state index in [-0.39, 0.29) is 5.54 Å². The molecule has 0 radical (unpaired) electrons. The first-order valence-corrected chi connectivity index (χ1v) is 6.20. The summed E-state index contributed by atoms with van der Waals surface area (Å²) in [6.07, 6.45) is 5.70. The summed E-state index contributed by atoms with van der Waals surface area (Å²) in [6, 6.07) is 0.